The first-order valence-corrected chi connectivity index (χ1v) is 10.7. The summed E-state index contributed by atoms with van der Waals surface area (Å²) in [7, 11) is 0. The zero-order valence-electron chi connectivity index (χ0n) is 16.1. The maximum atomic E-state index is 12.8. The summed E-state index contributed by atoms with van der Waals surface area (Å²) in [5, 5.41) is 13.5. The summed E-state index contributed by atoms with van der Waals surface area (Å²) in [6.07, 6.45) is 2.14. The van der Waals surface area contributed by atoms with Crippen molar-refractivity contribution < 1.29 is 14.3 Å². The highest BCUT2D eigenvalue weighted by Crippen LogP contribution is 2.40. The highest BCUT2D eigenvalue weighted by Gasteiger charge is 2.33. The van der Waals surface area contributed by atoms with E-state index >= 15 is 0 Å². The molecule has 2 atom stereocenters. The number of rotatable bonds is 3. The molecule has 6 nitrogen and oxygen atoms in total. The molecule has 2 heterocycles. The fraction of sp³-hybridized carbons (Fsp3) is 0.381. The van der Waals surface area contributed by atoms with E-state index in [2.05, 4.69) is 18.3 Å². The van der Waals surface area contributed by atoms with Crippen LogP contribution >= 0.6 is 22.9 Å². The van der Waals surface area contributed by atoms with Crippen molar-refractivity contribution in [3.63, 3.8) is 0 Å². The molecule has 0 fully saturated rings. The number of nitriles is 1. The van der Waals surface area contributed by atoms with Gasteiger partial charge in [-0.05, 0) is 55.9 Å². The normalized spacial score (nSPS) is 20.3. The summed E-state index contributed by atoms with van der Waals surface area (Å²) < 4.78 is 5.61. The number of amides is 2. The third-order valence-corrected chi connectivity index (χ3v) is 6.71. The molecule has 2 unspecified atom stereocenters. The van der Waals surface area contributed by atoms with E-state index in [1.165, 1.54) is 21.1 Å². The van der Waals surface area contributed by atoms with Gasteiger partial charge < -0.3 is 10.1 Å². The van der Waals surface area contributed by atoms with Gasteiger partial charge in [0.15, 0.2) is 6.10 Å². The lowest BCUT2D eigenvalue weighted by atomic mass is 9.89. The Kier molecular flexibility index (Phi) is 5.24. The van der Waals surface area contributed by atoms with E-state index in [0.29, 0.717) is 32.9 Å². The van der Waals surface area contributed by atoms with Crippen molar-refractivity contribution in [1.29, 1.82) is 5.26 Å². The maximum Gasteiger partial charge on any atom is 0.268 e. The van der Waals surface area contributed by atoms with Crippen molar-refractivity contribution in [3.05, 3.63) is 39.2 Å². The number of fused-ring (bicyclic) bond motifs is 2. The molecule has 0 saturated carbocycles. The number of ether oxygens (including phenoxy) is 1. The molecule has 1 aromatic carbocycles. The molecule has 8 heteroatoms. The van der Waals surface area contributed by atoms with Gasteiger partial charge in [0.1, 0.15) is 23.4 Å². The molecule has 0 saturated heterocycles. The van der Waals surface area contributed by atoms with Gasteiger partial charge in [-0.1, -0.05) is 18.5 Å². The van der Waals surface area contributed by atoms with Gasteiger partial charge in [-0.3, -0.25) is 14.5 Å². The first kappa shape index (κ1) is 19.7. The molecular weight excluding hydrogens is 410 g/mol. The molecule has 4 rings (SSSR count). The molecule has 1 N–H and O–H groups in total. The van der Waals surface area contributed by atoms with Crippen LogP contribution in [0.15, 0.2) is 18.2 Å². The number of hydrogen-bond donors (Lipinski definition) is 1. The van der Waals surface area contributed by atoms with Crippen molar-refractivity contribution >= 4 is 45.4 Å². The smallest absolute Gasteiger partial charge is 0.268 e. The van der Waals surface area contributed by atoms with Crippen LogP contribution in [0.3, 0.4) is 0 Å². The number of benzene rings is 1. The monoisotopic (exact) mass is 429 g/mol. The maximum absolute atomic E-state index is 12.8. The summed E-state index contributed by atoms with van der Waals surface area (Å²) in [5.74, 6) is 0.411. The van der Waals surface area contributed by atoms with Gasteiger partial charge in [0, 0.05) is 9.90 Å². The predicted octanol–water partition coefficient (Wildman–Crippen LogP) is 4.15. The lowest BCUT2D eigenvalue weighted by Gasteiger charge is -2.32. The fourth-order valence-electron chi connectivity index (χ4n) is 3.81. The number of hydrogen-bond acceptors (Lipinski definition) is 5. The van der Waals surface area contributed by atoms with E-state index < -0.39 is 6.10 Å². The van der Waals surface area contributed by atoms with Gasteiger partial charge in [-0.2, -0.15) is 5.26 Å². The van der Waals surface area contributed by atoms with Crippen LogP contribution in [0.25, 0.3) is 0 Å². The Labute approximate surface area is 178 Å². The number of carbonyl (C=O) groups excluding carboxylic acids is 2. The van der Waals surface area contributed by atoms with Crippen LogP contribution in [0.5, 0.6) is 5.75 Å². The second-order valence-electron chi connectivity index (χ2n) is 7.51. The van der Waals surface area contributed by atoms with E-state index in [0.717, 1.165) is 24.8 Å². The molecular formula is C21H20ClN3O3S. The highest BCUT2D eigenvalue weighted by molar-refractivity contribution is 7.16. The van der Waals surface area contributed by atoms with Gasteiger partial charge in [-0.25, -0.2) is 0 Å². The molecule has 1 aromatic heterocycles. The van der Waals surface area contributed by atoms with Crippen molar-refractivity contribution in [1.82, 2.24) is 0 Å². The van der Waals surface area contributed by atoms with Crippen LogP contribution < -0.4 is 15.0 Å². The molecule has 29 heavy (non-hydrogen) atoms. The van der Waals surface area contributed by atoms with E-state index in [1.807, 2.05) is 0 Å². The van der Waals surface area contributed by atoms with Gasteiger partial charge in [-0.15, -0.1) is 11.3 Å². The highest BCUT2D eigenvalue weighted by atomic mass is 35.5. The van der Waals surface area contributed by atoms with Crippen molar-refractivity contribution in [3.8, 4) is 11.8 Å². The molecule has 0 bridgehead atoms. The number of nitrogens with zero attached hydrogens (tertiary/aromatic N) is 2. The van der Waals surface area contributed by atoms with Crippen molar-refractivity contribution in [2.75, 3.05) is 16.8 Å². The summed E-state index contributed by atoms with van der Waals surface area (Å²) in [4.78, 5) is 28.0. The standard InChI is InChI=1S/C21H20ClN3O3S/c1-11-3-5-14-15(9-23)20(29-18(14)7-11)24-19(26)10-25-16-8-13(22)4-6-17(16)28-12(2)21(25)27/h4,6,8,11-12H,3,5,7,10H2,1-2H3,(H,24,26). The zero-order chi connectivity index (χ0) is 20.7. The lowest BCUT2D eigenvalue weighted by Crippen LogP contribution is -2.47. The van der Waals surface area contributed by atoms with Gasteiger partial charge in [0.05, 0.1) is 11.3 Å². The first-order valence-electron chi connectivity index (χ1n) is 9.49. The molecule has 2 amide bonds. The van der Waals surface area contributed by atoms with Crippen LogP contribution in [0.2, 0.25) is 5.02 Å². The van der Waals surface area contributed by atoms with Crippen LogP contribution in [-0.4, -0.2) is 24.5 Å². The first-order chi connectivity index (χ1) is 13.9. The Hall–Kier alpha value is -2.56. The Morgan fingerprint density at radius 1 is 1.45 bits per heavy atom. The van der Waals surface area contributed by atoms with E-state index in [9.17, 15) is 14.9 Å². The topological polar surface area (TPSA) is 82.4 Å². The lowest BCUT2D eigenvalue weighted by molar-refractivity contribution is -0.127. The summed E-state index contributed by atoms with van der Waals surface area (Å²) in [5.41, 5.74) is 2.07. The molecule has 1 aliphatic carbocycles. The molecule has 2 aliphatic rings. The zero-order valence-corrected chi connectivity index (χ0v) is 17.7. The van der Waals surface area contributed by atoms with E-state index in [-0.39, 0.29) is 18.4 Å². The Balaban J connectivity index is 1.57. The third kappa shape index (κ3) is 3.70. The third-order valence-electron chi connectivity index (χ3n) is 5.31. The Morgan fingerprint density at radius 3 is 3.00 bits per heavy atom. The number of halogens is 1. The molecule has 1 aliphatic heterocycles. The minimum absolute atomic E-state index is 0.177. The second kappa shape index (κ2) is 7.69. The fourth-order valence-corrected chi connectivity index (χ4v) is 5.35. The van der Waals surface area contributed by atoms with Gasteiger partial charge >= 0.3 is 0 Å². The number of carbonyl (C=O) groups is 2. The molecule has 0 radical (unpaired) electrons. The summed E-state index contributed by atoms with van der Waals surface area (Å²) >= 11 is 7.54. The minimum atomic E-state index is -0.693. The molecule has 2 aromatic rings. The quantitative estimate of drug-likeness (QED) is 0.794. The largest absolute Gasteiger partial charge is 0.479 e. The van der Waals surface area contributed by atoms with Gasteiger partial charge in [0.25, 0.3) is 5.91 Å². The Morgan fingerprint density at radius 2 is 2.24 bits per heavy atom. The number of thiophene rings is 1. The second-order valence-corrected chi connectivity index (χ2v) is 9.05. The van der Waals surface area contributed by atoms with Crippen LogP contribution in [0.4, 0.5) is 10.7 Å². The number of nitrogens with one attached hydrogen (secondary N) is 1. The molecule has 0 spiro atoms. The van der Waals surface area contributed by atoms with Crippen LogP contribution in [0.1, 0.15) is 36.3 Å². The SMILES string of the molecule is CC1CCc2c(sc(NC(=O)CN3C(=O)C(C)Oc4ccc(Cl)cc43)c2C#N)C1. The van der Waals surface area contributed by atoms with E-state index in [1.54, 1.807) is 25.1 Å². The van der Waals surface area contributed by atoms with E-state index in [4.69, 9.17) is 16.3 Å². The minimum Gasteiger partial charge on any atom is -0.479 e. The summed E-state index contributed by atoms with van der Waals surface area (Å²) in [6.45, 7) is 3.66. The Bertz CT molecular complexity index is 1040. The predicted molar refractivity (Wildman–Crippen MR) is 113 cm³/mol. The number of anilines is 2. The average Bonchev–Trinajstić information content (AvgIpc) is 3.01. The van der Waals surface area contributed by atoms with Crippen LogP contribution in [-0.2, 0) is 22.4 Å². The van der Waals surface area contributed by atoms with Gasteiger partial charge in [0.2, 0.25) is 5.91 Å². The average molecular weight is 430 g/mol. The van der Waals surface area contributed by atoms with Crippen LogP contribution in [0, 0.1) is 17.2 Å². The van der Waals surface area contributed by atoms with Crippen molar-refractivity contribution in [2.45, 2.75) is 39.2 Å². The van der Waals surface area contributed by atoms with Crippen molar-refractivity contribution in [2.24, 2.45) is 5.92 Å². The molecule has 150 valence electrons. The summed E-state index contributed by atoms with van der Waals surface area (Å²) in [6, 6.07) is 7.22.